The molecule has 1 fully saturated rings. The lowest BCUT2D eigenvalue weighted by Gasteiger charge is -2.35. The van der Waals surface area contributed by atoms with Gasteiger partial charge in [-0.05, 0) is 44.1 Å². The van der Waals surface area contributed by atoms with Crippen LogP contribution in [0.5, 0.6) is 0 Å². The fraction of sp³-hybridized carbons (Fsp3) is 0.611. The number of aryl methyl sites for hydroxylation is 2. The highest BCUT2D eigenvalue weighted by Gasteiger charge is 2.31. The number of hydrogen-bond acceptors (Lipinski definition) is 4. The topological polar surface area (TPSA) is 60.9 Å². The van der Waals surface area contributed by atoms with E-state index in [-0.39, 0.29) is 5.91 Å². The van der Waals surface area contributed by atoms with Crippen LogP contribution in [0.25, 0.3) is 0 Å². The molecule has 0 N–H and O–H groups in total. The Morgan fingerprint density at radius 2 is 1.68 bits per heavy atom. The number of hydrogen-bond donors (Lipinski definition) is 0. The molecule has 0 radical (unpaired) electrons. The molecule has 0 aliphatic carbocycles. The van der Waals surface area contributed by atoms with E-state index in [1.807, 2.05) is 39.8 Å². The van der Waals surface area contributed by atoms with Crippen LogP contribution >= 0.6 is 0 Å². The molecule has 1 heterocycles. The number of carbonyl (C=O) groups is 1. The van der Waals surface area contributed by atoms with Gasteiger partial charge in [-0.1, -0.05) is 26.0 Å². The van der Waals surface area contributed by atoms with Crippen LogP contribution in [0, 0.1) is 13.8 Å². The Hall–Kier alpha value is -1.44. The van der Waals surface area contributed by atoms with Crippen molar-refractivity contribution >= 4 is 15.9 Å². The Kier molecular flexibility index (Phi) is 6.59. The summed E-state index contributed by atoms with van der Waals surface area (Å²) in [6, 6.07) is 5.48. The fourth-order valence-electron chi connectivity index (χ4n) is 3.04. The Morgan fingerprint density at radius 3 is 2.24 bits per heavy atom. The number of amides is 1. The van der Waals surface area contributed by atoms with Gasteiger partial charge in [0.15, 0.2) is 0 Å². The van der Waals surface area contributed by atoms with Gasteiger partial charge in [0.1, 0.15) is 0 Å². The van der Waals surface area contributed by atoms with Gasteiger partial charge in [0, 0.05) is 26.2 Å². The number of piperazine rings is 1. The van der Waals surface area contributed by atoms with Gasteiger partial charge in [0.2, 0.25) is 15.9 Å². The highest BCUT2D eigenvalue weighted by molar-refractivity contribution is 7.89. The third-order valence-electron chi connectivity index (χ3n) is 4.81. The zero-order chi connectivity index (χ0) is 18.6. The highest BCUT2D eigenvalue weighted by atomic mass is 32.2. The third-order valence-corrected chi connectivity index (χ3v) is 6.85. The second-order valence-electron chi connectivity index (χ2n) is 6.52. The Balaban J connectivity index is 2.04. The van der Waals surface area contributed by atoms with E-state index in [0.717, 1.165) is 24.2 Å². The second kappa shape index (κ2) is 8.29. The molecule has 1 aliphatic heterocycles. The van der Waals surface area contributed by atoms with E-state index in [2.05, 4.69) is 4.90 Å². The molecule has 1 saturated heterocycles. The minimum absolute atomic E-state index is 0.0764. The molecule has 0 bridgehead atoms. The number of benzene rings is 1. The van der Waals surface area contributed by atoms with Crippen LogP contribution in [0.1, 0.15) is 25.0 Å². The van der Waals surface area contributed by atoms with Crippen molar-refractivity contribution in [1.29, 1.82) is 0 Å². The molecule has 0 saturated carbocycles. The molecule has 1 aliphatic rings. The van der Waals surface area contributed by atoms with E-state index in [4.69, 9.17) is 0 Å². The van der Waals surface area contributed by atoms with Gasteiger partial charge < -0.3 is 4.90 Å². The molecule has 6 nitrogen and oxygen atoms in total. The maximum Gasteiger partial charge on any atom is 0.243 e. The summed E-state index contributed by atoms with van der Waals surface area (Å²) in [7, 11) is -3.51. The number of likely N-dealkylation sites (N-methyl/N-ethyl adjacent to an activating group) is 1. The summed E-state index contributed by atoms with van der Waals surface area (Å²) in [6.45, 7) is 11.4. The minimum Gasteiger partial charge on any atom is -0.339 e. The van der Waals surface area contributed by atoms with Gasteiger partial charge >= 0.3 is 0 Å². The van der Waals surface area contributed by atoms with Crippen molar-refractivity contribution < 1.29 is 13.2 Å². The minimum atomic E-state index is -3.51. The van der Waals surface area contributed by atoms with Gasteiger partial charge in [-0.3, -0.25) is 9.69 Å². The summed E-state index contributed by atoms with van der Waals surface area (Å²) in [4.78, 5) is 16.6. The van der Waals surface area contributed by atoms with E-state index in [0.29, 0.717) is 37.6 Å². The van der Waals surface area contributed by atoms with E-state index < -0.39 is 10.0 Å². The molecule has 0 atom stereocenters. The molecular formula is C18H29N3O3S. The Labute approximate surface area is 151 Å². The molecule has 25 heavy (non-hydrogen) atoms. The SMILES string of the molecule is CCN(CC)CC(=O)N1CCN(S(=O)(=O)c2cc(C)ccc2C)CC1. The van der Waals surface area contributed by atoms with Crippen molar-refractivity contribution in [2.75, 3.05) is 45.8 Å². The van der Waals surface area contributed by atoms with Gasteiger partial charge in [0.25, 0.3) is 0 Å². The van der Waals surface area contributed by atoms with Crippen molar-refractivity contribution in [1.82, 2.24) is 14.1 Å². The maximum atomic E-state index is 12.9. The van der Waals surface area contributed by atoms with Crippen LogP contribution in [0.4, 0.5) is 0 Å². The quantitative estimate of drug-likeness (QED) is 0.764. The first-order valence-electron chi connectivity index (χ1n) is 8.87. The molecule has 1 aromatic carbocycles. The van der Waals surface area contributed by atoms with E-state index in [9.17, 15) is 13.2 Å². The molecule has 7 heteroatoms. The van der Waals surface area contributed by atoms with Crippen molar-refractivity contribution in [2.24, 2.45) is 0 Å². The standard InChI is InChI=1S/C18H29N3O3S/c1-5-19(6-2)14-18(22)20-9-11-21(12-10-20)25(23,24)17-13-15(3)7-8-16(17)4/h7-8,13H,5-6,9-12,14H2,1-4H3. The number of nitrogens with zero attached hydrogens (tertiary/aromatic N) is 3. The van der Waals surface area contributed by atoms with E-state index >= 15 is 0 Å². The van der Waals surface area contributed by atoms with Gasteiger partial charge in [-0.2, -0.15) is 4.31 Å². The predicted octanol–water partition coefficient (Wildman–Crippen LogP) is 1.48. The van der Waals surface area contributed by atoms with Crippen LogP contribution in [0.3, 0.4) is 0 Å². The van der Waals surface area contributed by atoms with Gasteiger partial charge in [0.05, 0.1) is 11.4 Å². The first kappa shape index (κ1) is 19.9. The Morgan fingerprint density at radius 1 is 1.08 bits per heavy atom. The molecule has 2 rings (SSSR count). The lowest BCUT2D eigenvalue weighted by Crippen LogP contribution is -2.52. The van der Waals surface area contributed by atoms with Crippen LogP contribution < -0.4 is 0 Å². The van der Waals surface area contributed by atoms with E-state index in [1.165, 1.54) is 4.31 Å². The molecule has 0 spiro atoms. The first-order chi connectivity index (χ1) is 11.8. The predicted molar refractivity (Wildman–Crippen MR) is 99.0 cm³/mol. The smallest absolute Gasteiger partial charge is 0.243 e. The summed E-state index contributed by atoms with van der Waals surface area (Å²) >= 11 is 0. The third kappa shape index (κ3) is 4.59. The van der Waals surface area contributed by atoms with Crippen molar-refractivity contribution in [3.63, 3.8) is 0 Å². The van der Waals surface area contributed by atoms with Crippen molar-refractivity contribution in [3.8, 4) is 0 Å². The second-order valence-corrected chi connectivity index (χ2v) is 8.42. The average Bonchev–Trinajstić information content (AvgIpc) is 2.61. The first-order valence-corrected chi connectivity index (χ1v) is 10.3. The highest BCUT2D eigenvalue weighted by Crippen LogP contribution is 2.22. The fourth-order valence-corrected chi connectivity index (χ4v) is 4.77. The van der Waals surface area contributed by atoms with Crippen LogP contribution in [0.2, 0.25) is 0 Å². The summed E-state index contributed by atoms with van der Waals surface area (Å²) in [6.07, 6.45) is 0. The van der Waals surface area contributed by atoms with Gasteiger partial charge in [-0.25, -0.2) is 8.42 Å². The van der Waals surface area contributed by atoms with Crippen molar-refractivity contribution in [3.05, 3.63) is 29.3 Å². The molecule has 1 aromatic rings. The van der Waals surface area contributed by atoms with Gasteiger partial charge in [-0.15, -0.1) is 0 Å². The number of rotatable bonds is 6. The number of sulfonamides is 1. The number of carbonyl (C=O) groups excluding carboxylic acids is 1. The summed E-state index contributed by atoms with van der Waals surface area (Å²) < 4.78 is 27.3. The summed E-state index contributed by atoms with van der Waals surface area (Å²) in [5, 5.41) is 0. The van der Waals surface area contributed by atoms with Crippen LogP contribution in [0.15, 0.2) is 23.1 Å². The lowest BCUT2D eigenvalue weighted by atomic mass is 10.2. The maximum absolute atomic E-state index is 12.9. The van der Waals surface area contributed by atoms with E-state index in [1.54, 1.807) is 11.0 Å². The zero-order valence-corrected chi connectivity index (χ0v) is 16.5. The largest absolute Gasteiger partial charge is 0.339 e. The molecular weight excluding hydrogens is 338 g/mol. The van der Waals surface area contributed by atoms with Crippen molar-refractivity contribution in [2.45, 2.75) is 32.6 Å². The Bertz CT molecular complexity index is 706. The summed E-state index contributed by atoms with van der Waals surface area (Å²) in [5.74, 6) is 0.0764. The molecule has 1 amide bonds. The summed E-state index contributed by atoms with van der Waals surface area (Å²) in [5.41, 5.74) is 1.68. The van der Waals surface area contributed by atoms with Crippen LogP contribution in [-0.2, 0) is 14.8 Å². The molecule has 0 unspecified atom stereocenters. The molecule has 140 valence electrons. The van der Waals surface area contributed by atoms with Crippen LogP contribution in [-0.4, -0.2) is 74.2 Å². The average molecular weight is 368 g/mol. The monoisotopic (exact) mass is 367 g/mol. The lowest BCUT2D eigenvalue weighted by molar-refractivity contribution is -0.133. The normalized spacial score (nSPS) is 16.4. The zero-order valence-electron chi connectivity index (χ0n) is 15.7. The molecule has 0 aromatic heterocycles.